The van der Waals surface area contributed by atoms with Gasteiger partial charge in [0.25, 0.3) is 0 Å². The number of H-pyrrole nitrogens is 1. The van der Waals surface area contributed by atoms with Gasteiger partial charge in [-0.05, 0) is 43.9 Å². The first kappa shape index (κ1) is 18.0. The summed E-state index contributed by atoms with van der Waals surface area (Å²) in [5.41, 5.74) is 3.96. The van der Waals surface area contributed by atoms with E-state index < -0.39 is 17.4 Å². The van der Waals surface area contributed by atoms with Crippen molar-refractivity contribution >= 4 is 22.9 Å². The van der Waals surface area contributed by atoms with Gasteiger partial charge in [0.2, 0.25) is 5.91 Å². The first-order chi connectivity index (χ1) is 12.8. The van der Waals surface area contributed by atoms with Crippen LogP contribution in [-0.2, 0) is 16.1 Å². The Morgan fingerprint density at radius 3 is 2.70 bits per heavy atom. The molecule has 27 heavy (non-hydrogen) atoms. The number of aliphatic carboxylic acids is 1. The predicted molar refractivity (Wildman–Crippen MR) is 101 cm³/mol. The molecule has 1 aromatic carbocycles. The Hall–Kier alpha value is -2.41. The minimum absolute atomic E-state index is 0.0565. The van der Waals surface area contributed by atoms with Crippen molar-refractivity contribution in [1.29, 1.82) is 0 Å². The van der Waals surface area contributed by atoms with Crippen LogP contribution in [0.2, 0.25) is 0 Å². The van der Waals surface area contributed by atoms with Crippen LogP contribution in [0.1, 0.15) is 36.2 Å². The molecule has 1 atom stereocenters. The van der Waals surface area contributed by atoms with E-state index in [1.165, 1.54) is 11.1 Å². The molecule has 2 aliphatic heterocycles. The first-order valence-corrected chi connectivity index (χ1v) is 9.48. The van der Waals surface area contributed by atoms with Gasteiger partial charge in [-0.2, -0.15) is 0 Å². The van der Waals surface area contributed by atoms with Crippen LogP contribution in [0.3, 0.4) is 0 Å². The number of aromatic amines is 1. The number of benzene rings is 1. The molecular weight excluding hydrogens is 344 g/mol. The zero-order chi connectivity index (χ0) is 19.3. The van der Waals surface area contributed by atoms with Gasteiger partial charge in [-0.1, -0.05) is 6.07 Å². The van der Waals surface area contributed by atoms with E-state index in [1.54, 1.807) is 11.9 Å². The number of carbonyl (C=O) groups is 2. The number of imidazole rings is 1. The van der Waals surface area contributed by atoms with Crippen molar-refractivity contribution in [3.63, 3.8) is 0 Å². The van der Waals surface area contributed by atoms with Gasteiger partial charge >= 0.3 is 5.97 Å². The molecule has 2 aliphatic rings. The molecule has 2 fully saturated rings. The summed E-state index contributed by atoms with van der Waals surface area (Å²) >= 11 is 0. The number of rotatable bonds is 3. The van der Waals surface area contributed by atoms with Gasteiger partial charge < -0.3 is 15.0 Å². The molecule has 1 unspecified atom stereocenters. The molecule has 0 bridgehead atoms. The molecule has 7 heteroatoms. The van der Waals surface area contributed by atoms with Crippen LogP contribution >= 0.6 is 0 Å². The minimum atomic E-state index is -0.857. The third kappa shape index (κ3) is 2.81. The Morgan fingerprint density at radius 1 is 1.33 bits per heavy atom. The van der Waals surface area contributed by atoms with Gasteiger partial charge in [-0.15, -0.1) is 0 Å². The number of carboxylic acid groups (broad SMARTS) is 1. The number of carboxylic acids is 1. The van der Waals surface area contributed by atoms with Gasteiger partial charge in [0.05, 0.1) is 29.0 Å². The van der Waals surface area contributed by atoms with Crippen LogP contribution in [0.15, 0.2) is 12.1 Å². The number of nitrogens with one attached hydrogen (secondary N) is 1. The molecule has 7 nitrogen and oxygen atoms in total. The molecule has 1 amide bonds. The Balaban J connectivity index is 1.49. The number of fused-ring (bicyclic) bond motifs is 1. The summed E-state index contributed by atoms with van der Waals surface area (Å²) < 4.78 is 0. The van der Waals surface area contributed by atoms with E-state index in [0.717, 1.165) is 29.9 Å². The lowest BCUT2D eigenvalue weighted by Gasteiger charge is -2.45. The van der Waals surface area contributed by atoms with Gasteiger partial charge in [-0.25, -0.2) is 4.98 Å². The van der Waals surface area contributed by atoms with Crippen LogP contribution in [0.25, 0.3) is 11.0 Å². The minimum Gasteiger partial charge on any atom is -0.481 e. The Morgan fingerprint density at radius 2 is 2.04 bits per heavy atom. The third-order valence-corrected chi connectivity index (χ3v) is 6.69. The lowest BCUT2D eigenvalue weighted by Crippen LogP contribution is -2.56. The third-order valence-electron chi connectivity index (χ3n) is 6.69. The van der Waals surface area contributed by atoms with E-state index in [9.17, 15) is 14.7 Å². The molecule has 0 saturated carbocycles. The molecular formula is C20H26N4O3. The highest BCUT2D eigenvalue weighted by Crippen LogP contribution is 2.43. The van der Waals surface area contributed by atoms with E-state index >= 15 is 0 Å². The van der Waals surface area contributed by atoms with Crippen molar-refractivity contribution in [3.05, 3.63) is 29.1 Å². The maximum absolute atomic E-state index is 12.1. The zero-order valence-electron chi connectivity index (χ0n) is 16.1. The summed E-state index contributed by atoms with van der Waals surface area (Å²) in [4.78, 5) is 36.0. The maximum Gasteiger partial charge on any atom is 0.309 e. The van der Waals surface area contributed by atoms with E-state index in [4.69, 9.17) is 4.98 Å². The van der Waals surface area contributed by atoms with E-state index in [-0.39, 0.29) is 12.3 Å². The Kier molecular flexibility index (Phi) is 4.22. The second kappa shape index (κ2) is 6.34. The summed E-state index contributed by atoms with van der Waals surface area (Å²) in [5.74, 6) is -0.586. The number of hydrogen-bond donors (Lipinski definition) is 2. The highest BCUT2D eigenvalue weighted by molar-refractivity contribution is 5.88. The van der Waals surface area contributed by atoms with Crippen molar-refractivity contribution in [3.8, 4) is 0 Å². The fraction of sp³-hybridized carbons (Fsp3) is 0.550. The number of aromatic nitrogens is 2. The summed E-state index contributed by atoms with van der Waals surface area (Å²) in [5, 5.41) is 9.59. The highest BCUT2D eigenvalue weighted by Gasteiger charge is 2.55. The van der Waals surface area contributed by atoms with E-state index in [0.29, 0.717) is 19.4 Å². The molecule has 2 saturated heterocycles. The fourth-order valence-corrected chi connectivity index (χ4v) is 4.73. The molecule has 144 valence electrons. The first-order valence-electron chi connectivity index (χ1n) is 9.48. The zero-order valence-corrected chi connectivity index (χ0v) is 16.1. The summed E-state index contributed by atoms with van der Waals surface area (Å²) in [6.07, 6.45) is 1.49. The predicted octanol–water partition coefficient (Wildman–Crippen LogP) is 2.08. The molecule has 0 radical (unpaired) electrons. The van der Waals surface area contributed by atoms with Gasteiger partial charge in [0.15, 0.2) is 0 Å². The summed E-state index contributed by atoms with van der Waals surface area (Å²) in [6.45, 7) is 6.41. The molecule has 3 heterocycles. The molecule has 1 aromatic heterocycles. The van der Waals surface area contributed by atoms with Crippen LogP contribution in [0.4, 0.5) is 0 Å². The summed E-state index contributed by atoms with van der Waals surface area (Å²) in [7, 11) is 1.76. The molecule has 2 N–H and O–H groups in total. The van der Waals surface area contributed by atoms with Crippen LogP contribution in [-0.4, -0.2) is 62.4 Å². The SMILES string of the molecule is Cc1ccc2[nH]c(CN3CCC4(CC3)C(C(=O)O)CC(=O)N4C)nc2c1C. The van der Waals surface area contributed by atoms with Crippen LogP contribution < -0.4 is 0 Å². The lowest BCUT2D eigenvalue weighted by molar-refractivity contribution is -0.146. The number of likely N-dealkylation sites (tertiary alicyclic amines) is 2. The number of carbonyl (C=O) groups excluding carboxylic acids is 1. The van der Waals surface area contributed by atoms with Gasteiger partial charge in [0, 0.05) is 26.6 Å². The molecule has 1 spiro atoms. The van der Waals surface area contributed by atoms with Crippen molar-refractivity contribution in [2.45, 2.75) is 45.2 Å². The largest absolute Gasteiger partial charge is 0.481 e. The molecule has 4 rings (SSSR count). The molecule has 2 aromatic rings. The van der Waals surface area contributed by atoms with E-state index in [1.807, 2.05) is 0 Å². The van der Waals surface area contributed by atoms with Crippen molar-refractivity contribution in [2.75, 3.05) is 20.1 Å². The normalized spacial score (nSPS) is 22.9. The number of aryl methyl sites for hydroxylation is 2. The monoisotopic (exact) mass is 370 g/mol. The van der Waals surface area contributed by atoms with Crippen molar-refractivity contribution in [1.82, 2.24) is 19.8 Å². The average Bonchev–Trinajstić information content (AvgIpc) is 3.15. The highest BCUT2D eigenvalue weighted by atomic mass is 16.4. The van der Waals surface area contributed by atoms with Gasteiger partial charge in [-0.3, -0.25) is 14.5 Å². The number of hydrogen-bond acceptors (Lipinski definition) is 4. The summed E-state index contributed by atoms with van der Waals surface area (Å²) in [6, 6.07) is 4.17. The second-order valence-electron chi connectivity index (χ2n) is 8.01. The van der Waals surface area contributed by atoms with Crippen LogP contribution in [0, 0.1) is 19.8 Å². The Bertz CT molecular complexity index is 911. The van der Waals surface area contributed by atoms with Gasteiger partial charge in [0.1, 0.15) is 5.82 Å². The quantitative estimate of drug-likeness (QED) is 0.863. The smallest absolute Gasteiger partial charge is 0.309 e. The van der Waals surface area contributed by atoms with Crippen molar-refractivity contribution in [2.24, 2.45) is 5.92 Å². The van der Waals surface area contributed by atoms with Crippen molar-refractivity contribution < 1.29 is 14.7 Å². The van der Waals surface area contributed by atoms with Crippen LogP contribution in [0.5, 0.6) is 0 Å². The standard InChI is InChI=1S/C20H26N4O3/c1-12-4-5-15-18(13(12)2)22-16(21-15)11-24-8-6-20(7-9-24)14(19(26)27)10-17(25)23(20)3/h4-5,14H,6-11H2,1-3H3,(H,21,22)(H,26,27). The maximum atomic E-state index is 12.1. The number of amides is 1. The fourth-order valence-electron chi connectivity index (χ4n) is 4.73. The van der Waals surface area contributed by atoms with E-state index in [2.05, 4.69) is 35.9 Å². The number of piperidine rings is 1. The lowest BCUT2D eigenvalue weighted by atomic mass is 9.77. The number of nitrogens with zero attached hydrogens (tertiary/aromatic N) is 3. The second-order valence-corrected chi connectivity index (χ2v) is 8.01. The Labute approximate surface area is 158 Å². The topological polar surface area (TPSA) is 89.5 Å². The average molecular weight is 370 g/mol. The molecule has 0 aliphatic carbocycles.